The quantitative estimate of drug-likeness (QED) is 0.921. The summed E-state index contributed by atoms with van der Waals surface area (Å²) in [5.74, 6) is -0.157. The number of amides is 1. The Balaban J connectivity index is 1.69. The molecule has 1 fully saturated rings. The monoisotopic (exact) mass is 317 g/mol. The van der Waals surface area contributed by atoms with Crippen molar-refractivity contribution < 1.29 is 9.53 Å². The summed E-state index contributed by atoms with van der Waals surface area (Å²) in [6.45, 7) is 3.17. The molecule has 0 spiro atoms. The summed E-state index contributed by atoms with van der Waals surface area (Å²) >= 11 is 0. The number of aromatic nitrogens is 4. The van der Waals surface area contributed by atoms with Crippen LogP contribution < -0.4 is 5.32 Å². The Kier molecular flexibility index (Phi) is 4.47. The van der Waals surface area contributed by atoms with E-state index in [0.717, 1.165) is 29.8 Å². The van der Waals surface area contributed by atoms with E-state index in [1.54, 1.807) is 17.1 Å². The van der Waals surface area contributed by atoms with E-state index in [9.17, 15) is 4.79 Å². The molecule has 0 saturated carbocycles. The van der Waals surface area contributed by atoms with Gasteiger partial charge in [0.1, 0.15) is 6.10 Å². The van der Waals surface area contributed by atoms with Crippen LogP contribution in [0, 0.1) is 12.8 Å². The van der Waals surface area contributed by atoms with Gasteiger partial charge in [0.05, 0.1) is 17.8 Å². The summed E-state index contributed by atoms with van der Waals surface area (Å²) in [5, 5.41) is 11.4. The molecule has 1 aliphatic heterocycles. The molecule has 0 aliphatic carbocycles. The van der Waals surface area contributed by atoms with Crippen molar-refractivity contribution in [3.05, 3.63) is 35.4 Å². The smallest absolute Gasteiger partial charge is 0.226 e. The summed E-state index contributed by atoms with van der Waals surface area (Å²) in [6.07, 6.45) is 5.03. The van der Waals surface area contributed by atoms with Crippen molar-refractivity contribution in [3.8, 4) is 0 Å². The first-order valence-corrected chi connectivity index (χ1v) is 7.92. The van der Waals surface area contributed by atoms with Crippen LogP contribution in [0.4, 0.5) is 0 Å². The SMILES string of the molecule is Cc1c(CNC(=O)[C@@H]2CCCO[C@H]2c2ccnn2C)cnn1C. The molecule has 2 aromatic heterocycles. The fourth-order valence-corrected chi connectivity index (χ4v) is 3.04. The predicted molar refractivity (Wildman–Crippen MR) is 84.4 cm³/mol. The lowest BCUT2D eigenvalue weighted by molar-refractivity contribution is -0.135. The lowest BCUT2D eigenvalue weighted by atomic mass is 9.91. The van der Waals surface area contributed by atoms with E-state index in [1.165, 1.54) is 0 Å². The van der Waals surface area contributed by atoms with Crippen molar-refractivity contribution in [2.45, 2.75) is 32.4 Å². The minimum atomic E-state index is -0.230. The number of nitrogens with one attached hydrogen (secondary N) is 1. The van der Waals surface area contributed by atoms with Gasteiger partial charge in [-0.2, -0.15) is 10.2 Å². The van der Waals surface area contributed by atoms with E-state index in [4.69, 9.17) is 4.74 Å². The molecule has 2 atom stereocenters. The maximum Gasteiger partial charge on any atom is 0.226 e. The van der Waals surface area contributed by atoms with Crippen molar-refractivity contribution >= 4 is 5.91 Å². The molecule has 0 unspecified atom stereocenters. The van der Waals surface area contributed by atoms with Gasteiger partial charge < -0.3 is 10.1 Å². The van der Waals surface area contributed by atoms with Crippen LogP contribution in [0.1, 0.15) is 35.9 Å². The summed E-state index contributed by atoms with van der Waals surface area (Å²) in [7, 11) is 3.77. The molecule has 1 amide bonds. The maximum absolute atomic E-state index is 12.7. The van der Waals surface area contributed by atoms with Crippen LogP contribution >= 0.6 is 0 Å². The van der Waals surface area contributed by atoms with Gasteiger partial charge in [-0.1, -0.05) is 0 Å². The molecule has 0 bridgehead atoms. The summed E-state index contributed by atoms with van der Waals surface area (Å²) in [6, 6.07) is 1.92. The fourth-order valence-electron chi connectivity index (χ4n) is 3.04. The van der Waals surface area contributed by atoms with E-state index >= 15 is 0 Å². The number of carbonyl (C=O) groups is 1. The standard InChI is InChI=1S/C16H23N5O2/c1-11-12(10-19-20(11)2)9-17-16(22)13-5-4-8-23-15(13)14-6-7-18-21(14)3/h6-7,10,13,15H,4-5,8-9H2,1-3H3,(H,17,22)/t13-,15-/m1/s1. The lowest BCUT2D eigenvalue weighted by Gasteiger charge is -2.30. The first-order valence-electron chi connectivity index (χ1n) is 7.92. The van der Waals surface area contributed by atoms with Gasteiger partial charge in [0, 0.05) is 44.7 Å². The summed E-state index contributed by atoms with van der Waals surface area (Å²) in [4.78, 5) is 12.7. The molecule has 124 valence electrons. The van der Waals surface area contributed by atoms with Crippen LogP contribution in [-0.4, -0.2) is 32.1 Å². The first-order chi connectivity index (χ1) is 11.1. The third-order valence-electron chi connectivity index (χ3n) is 4.60. The normalized spacial score (nSPS) is 21.3. The molecule has 1 N–H and O–H groups in total. The number of ether oxygens (including phenoxy) is 1. The molecular formula is C16H23N5O2. The zero-order valence-corrected chi connectivity index (χ0v) is 13.8. The third-order valence-corrected chi connectivity index (χ3v) is 4.60. The second-order valence-corrected chi connectivity index (χ2v) is 6.02. The zero-order chi connectivity index (χ0) is 16.4. The second-order valence-electron chi connectivity index (χ2n) is 6.02. The second kappa shape index (κ2) is 6.54. The Morgan fingerprint density at radius 1 is 1.39 bits per heavy atom. The minimum Gasteiger partial charge on any atom is -0.371 e. The van der Waals surface area contributed by atoms with Gasteiger partial charge >= 0.3 is 0 Å². The number of nitrogens with zero attached hydrogens (tertiary/aromatic N) is 4. The van der Waals surface area contributed by atoms with Gasteiger partial charge in [0.25, 0.3) is 0 Å². The number of rotatable bonds is 4. The minimum absolute atomic E-state index is 0.0270. The highest BCUT2D eigenvalue weighted by Gasteiger charge is 2.34. The van der Waals surface area contributed by atoms with E-state index in [2.05, 4.69) is 15.5 Å². The maximum atomic E-state index is 12.7. The van der Waals surface area contributed by atoms with Crippen LogP contribution in [0.25, 0.3) is 0 Å². The van der Waals surface area contributed by atoms with Crippen molar-refractivity contribution in [2.24, 2.45) is 20.0 Å². The number of carbonyl (C=O) groups excluding carboxylic acids is 1. The molecule has 0 aromatic carbocycles. The molecule has 3 heterocycles. The molecule has 23 heavy (non-hydrogen) atoms. The molecule has 1 saturated heterocycles. The van der Waals surface area contributed by atoms with Crippen molar-refractivity contribution in [2.75, 3.05) is 6.61 Å². The largest absolute Gasteiger partial charge is 0.371 e. The topological polar surface area (TPSA) is 74.0 Å². The molecule has 2 aromatic rings. The van der Waals surface area contributed by atoms with Gasteiger partial charge in [-0.3, -0.25) is 14.2 Å². The average Bonchev–Trinajstić information content (AvgIpc) is 3.12. The van der Waals surface area contributed by atoms with E-state index < -0.39 is 0 Å². The van der Waals surface area contributed by atoms with Crippen LogP contribution in [0.2, 0.25) is 0 Å². The van der Waals surface area contributed by atoms with Gasteiger partial charge in [-0.15, -0.1) is 0 Å². The van der Waals surface area contributed by atoms with E-state index in [-0.39, 0.29) is 17.9 Å². The highest BCUT2D eigenvalue weighted by molar-refractivity contribution is 5.79. The van der Waals surface area contributed by atoms with Gasteiger partial charge in [-0.05, 0) is 25.8 Å². The van der Waals surface area contributed by atoms with Gasteiger partial charge in [0.2, 0.25) is 5.91 Å². The van der Waals surface area contributed by atoms with E-state index in [0.29, 0.717) is 13.2 Å². The zero-order valence-electron chi connectivity index (χ0n) is 13.8. The first kappa shape index (κ1) is 15.7. The Morgan fingerprint density at radius 2 is 2.22 bits per heavy atom. The van der Waals surface area contributed by atoms with E-state index in [1.807, 2.05) is 31.8 Å². The highest BCUT2D eigenvalue weighted by Crippen LogP contribution is 2.33. The van der Waals surface area contributed by atoms with Crippen LogP contribution in [-0.2, 0) is 30.2 Å². The number of hydrogen-bond donors (Lipinski definition) is 1. The van der Waals surface area contributed by atoms with Crippen LogP contribution in [0.3, 0.4) is 0 Å². The van der Waals surface area contributed by atoms with Gasteiger partial charge in [-0.25, -0.2) is 0 Å². The van der Waals surface area contributed by atoms with Crippen LogP contribution in [0.15, 0.2) is 18.5 Å². The molecule has 7 nitrogen and oxygen atoms in total. The Hall–Kier alpha value is -2.15. The molecule has 1 aliphatic rings. The number of aryl methyl sites for hydroxylation is 2. The van der Waals surface area contributed by atoms with Gasteiger partial charge in [0.15, 0.2) is 0 Å². The third kappa shape index (κ3) is 3.14. The molecule has 3 rings (SSSR count). The van der Waals surface area contributed by atoms with Crippen molar-refractivity contribution in [1.29, 1.82) is 0 Å². The Bertz CT molecular complexity index is 690. The predicted octanol–water partition coefficient (Wildman–Crippen LogP) is 1.25. The lowest BCUT2D eigenvalue weighted by Crippen LogP contribution is -2.38. The Labute approximate surface area is 135 Å². The highest BCUT2D eigenvalue weighted by atomic mass is 16.5. The molecular weight excluding hydrogens is 294 g/mol. The Morgan fingerprint density at radius 3 is 2.87 bits per heavy atom. The number of hydrogen-bond acceptors (Lipinski definition) is 4. The molecule has 7 heteroatoms. The fraction of sp³-hybridized carbons (Fsp3) is 0.562. The molecule has 0 radical (unpaired) electrons. The average molecular weight is 317 g/mol. The van der Waals surface area contributed by atoms with Crippen molar-refractivity contribution in [3.63, 3.8) is 0 Å². The van der Waals surface area contributed by atoms with Crippen LogP contribution in [0.5, 0.6) is 0 Å². The summed E-state index contributed by atoms with van der Waals surface area (Å²) < 4.78 is 9.47. The summed E-state index contributed by atoms with van der Waals surface area (Å²) in [5.41, 5.74) is 3.05. The van der Waals surface area contributed by atoms with Crippen molar-refractivity contribution in [1.82, 2.24) is 24.9 Å².